The lowest BCUT2D eigenvalue weighted by molar-refractivity contribution is 0.280. The summed E-state index contributed by atoms with van der Waals surface area (Å²) in [6.45, 7) is 2.67. The minimum absolute atomic E-state index is 0.107. The van der Waals surface area contributed by atoms with Gasteiger partial charge in [0.2, 0.25) is 0 Å². The predicted molar refractivity (Wildman–Crippen MR) is 78.3 cm³/mol. The van der Waals surface area contributed by atoms with Gasteiger partial charge in [-0.15, -0.1) is 0 Å². The van der Waals surface area contributed by atoms with Gasteiger partial charge in [-0.3, -0.25) is 4.90 Å². The quantitative estimate of drug-likeness (QED) is 0.383. The molecule has 0 amide bonds. The zero-order valence-electron chi connectivity index (χ0n) is 11.2. The Hall–Kier alpha value is -2.07. The van der Waals surface area contributed by atoms with Crippen LogP contribution in [0.3, 0.4) is 0 Å². The summed E-state index contributed by atoms with van der Waals surface area (Å²) in [6.07, 6.45) is 0. The number of hydrogen-bond acceptors (Lipinski definition) is 3. The summed E-state index contributed by atoms with van der Waals surface area (Å²) < 4.78 is 0. The van der Waals surface area contributed by atoms with E-state index in [-0.39, 0.29) is 11.9 Å². The van der Waals surface area contributed by atoms with E-state index in [4.69, 9.17) is 10.9 Å². The van der Waals surface area contributed by atoms with E-state index in [0.29, 0.717) is 0 Å². The highest BCUT2D eigenvalue weighted by atomic mass is 16.4. The molecule has 3 N–H and O–H groups in total. The molecule has 2 aromatic rings. The maximum atomic E-state index is 8.73. The Labute approximate surface area is 113 Å². The van der Waals surface area contributed by atoms with E-state index in [1.165, 1.54) is 16.3 Å². The summed E-state index contributed by atoms with van der Waals surface area (Å²) in [4.78, 5) is 2.05. The monoisotopic (exact) mass is 257 g/mol. The lowest BCUT2D eigenvalue weighted by Crippen LogP contribution is -2.40. The highest BCUT2D eigenvalue weighted by Gasteiger charge is 2.14. The van der Waals surface area contributed by atoms with Crippen LogP contribution in [-0.4, -0.2) is 29.0 Å². The van der Waals surface area contributed by atoms with Crippen molar-refractivity contribution >= 4 is 16.6 Å². The molecule has 100 valence electrons. The Balaban J connectivity index is 2.26. The van der Waals surface area contributed by atoms with Crippen LogP contribution in [0.2, 0.25) is 0 Å². The van der Waals surface area contributed by atoms with Gasteiger partial charge in [0.1, 0.15) is 0 Å². The van der Waals surface area contributed by atoms with E-state index < -0.39 is 0 Å². The third kappa shape index (κ3) is 2.85. The molecule has 0 aliphatic heterocycles. The second-order valence-corrected chi connectivity index (χ2v) is 4.75. The van der Waals surface area contributed by atoms with Crippen molar-refractivity contribution in [2.24, 2.45) is 10.9 Å². The van der Waals surface area contributed by atoms with E-state index in [2.05, 4.69) is 40.4 Å². The molecule has 0 saturated carbocycles. The molecule has 0 aliphatic carbocycles. The van der Waals surface area contributed by atoms with Gasteiger partial charge in [-0.2, -0.15) is 0 Å². The van der Waals surface area contributed by atoms with Crippen LogP contribution in [0.15, 0.2) is 47.6 Å². The van der Waals surface area contributed by atoms with Crippen molar-refractivity contribution in [2.75, 3.05) is 7.05 Å². The van der Waals surface area contributed by atoms with E-state index >= 15 is 0 Å². The third-order valence-electron chi connectivity index (χ3n) is 3.50. The second kappa shape index (κ2) is 5.71. The molecule has 1 atom stereocenters. The van der Waals surface area contributed by atoms with Gasteiger partial charge in [-0.1, -0.05) is 47.6 Å². The number of nitrogens with two attached hydrogens (primary N) is 1. The number of rotatable bonds is 4. The summed E-state index contributed by atoms with van der Waals surface area (Å²) in [5.41, 5.74) is 6.88. The molecule has 0 spiro atoms. The molecule has 0 saturated heterocycles. The molecule has 0 aliphatic rings. The summed E-state index contributed by atoms with van der Waals surface area (Å²) in [7, 11) is 1.96. The molecule has 2 rings (SSSR count). The van der Waals surface area contributed by atoms with Crippen LogP contribution in [-0.2, 0) is 6.54 Å². The molecule has 0 bridgehead atoms. The molecule has 4 heteroatoms. The van der Waals surface area contributed by atoms with E-state index in [0.717, 1.165) is 6.54 Å². The van der Waals surface area contributed by atoms with Gasteiger partial charge >= 0.3 is 0 Å². The third-order valence-corrected chi connectivity index (χ3v) is 3.50. The van der Waals surface area contributed by atoms with Crippen molar-refractivity contribution in [1.29, 1.82) is 0 Å². The van der Waals surface area contributed by atoms with Crippen LogP contribution in [0.5, 0.6) is 0 Å². The van der Waals surface area contributed by atoms with Gasteiger partial charge in [-0.25, -0.2) is 0 Å². The number of nitrogens with zero attached hydrogens (tertiary/aromatic N) is 2. The zero-order valence-corrected chi connectivity index (χ0v) is 11.2. The van der Waals surface area contributed by atoms with Crippen LogP contribution >= 0.6 is 0 Å². The molecule has 1 unspecified atom stereocenters. The van der Waals surface area contributed by atoms with Gasteiger partial charge in [0, 0.05) is 6.54 Å². The van der Waals surface area contributed by atoms with Gasteiger partial charge < -0.3 is 10.9 Å². The molecular weight excluding hydrogens is 238 g/mol. The van der Waals surface area contributed by atoms with Crippen molar-refractivity contribution < 1.29 is 5.21 Å². The lowest BCUT2D eigenvalue weighted by Gasteiger charge is -2.24. The second-order valence-electron chi connectivity index (χ2n) is 4.75. The fourth-order valence-corrected chi connectivity index (χ4v) is 2.15. The normalized spacial score (nSPS) is 13.9. The van der Waals surface area contributed by atoms with Gasteiger partial charge in [0.15, 0.2) is 5.84 Å². The van der Waals surface area contributed by atoms with Crippen LogP contribution in [0.1, 0.15) is 12.5 Å². The first kappa shape index (κ1) is 13.4. The molecule has 0 fully saturated rings. The molecular formula is C15H19N3O. The summed E-state index contributed by atoms with van der Waals surface area (Å²) in [6, 6.07) is 14.5. The Morgan fingerprint density at radius 1 is 1.26 bits per heavy atom. The number of benzene rings is 2. The van der Waals surface area contributed by atoms with Crippen molar-refractivity contribution in [2.45, 2.75) is 19.5 Å². The zero-order chi connectivity index (χ0) is 13.8. The van der Waals surface area contributed by atoms with Crippen molar-refractivity contribution in [3.8, 4) is 0 Å². The fourth-order valence-electron chi connectivity index (χ4n) is 2.15. The van der Waals surface area contributed by atoms with E-state index in [1.54, 1.807) is 0 Å². The average molecular weight is 257 g/mol. The van der Waals surface area contributed by atoms with Gasteiger partial charge in [0.25, 0.3) is 0 Å². The van der Waals surface area contributed by atoms with Crippen LogP contribution in [0.4, 0.5) is 0 Å². The first-order valence-corrected chi connectivity index (χ1v) is 6.27. The van der Waals surface area contributed by atoms with Gasteiger partial charge in [0.05, 0.1) is 6.04 Å². The van der Waals surface area contributed by atoms with Crippen molar-refractivity contribution in [1.82, 2.24) is 4.90 Å². The average Bonchev–Trinajstić information content (AvgIpc) is 2.46. The number of likely N-dealkylation sites (N-methyl/N-ethyl adjacent to an activating group) is 1. The van der Waals surface area contributed by atoms with E-state index in [1.807, 2.05) is 26.1 Å². The standard InChI is InChI=1S/C15H19N3O/c1-11(15(16)17-19)18(2)10-13-8-5-7-12-6-3-4-9-14(12)13/h3-9,11,19H,10H2,1-2H3,(H2,16,17). The SMILES string of the molecule is CC(C(N)=NO)N(C)Cc1cccc2ccccc12. The van der Waals surface area contributed by atoms with Gasteiger partial charge in [-0.05, 0) is 30.3 Å². The van der Waals surface area contributed by atoms with Crippen LogP contribution < -0.4 is 5.73 Å². The highest BCUT2D eigenvalue weighted by Crippen LogP contribution is 2.20. The Bertz CT molecular complexity index is 589. The Kier molecular flexibility index (Phi) is 4.02. The van der Waals surface area contributed by atoms with Crippen molar-refractivity contribution in [3.63, 3.8) is 0 Å². The molecule has 19 heavy (non-hydrogen) atoms. The maximum Gasteiger partial charge on any atom is 0.156 e. The van der Waals surface area contributed by atoms with Crippen LogP contribution in [0.25, 0.3) is 10.8 Å². The van der Waals surface area contributed by atoms with E-state index in [9.17, 15) is 0 Å². The first-order valence-electron chi connectivity index (χ1n) is 6.27. The Morgan fingerprint density at radius 3 is 2.68 bits per heavy atom. The smallest absolute Gasteiger partial charge is 0.156 e. The lowest BCUT2D eigenvalue weighted by atomic mass is 10.0. The van der Waals surface area contributed by atoms with Crippen LogP contribution in [0, 0.1) is 0 Å². The largest absolute Gasteiger partial charge is 0.409 e. The molecule has 4 nitrogen and oxygen atoms in total. The number of fused-ring (bicyclic) bond motifs is 1. The molecule has 0 heterocycles. The molecule has 0 radical (unpaired) electrons. The highest BCUT2D eigenvalue weighted by molar-refractivity contribution is 5.86. The molecule has 2 aromatic carbocycles. The summed E-state index contributed by atoms with van der Waals surface area (Å²) >= 11 is 0. The predicted octanol–water partition coefficient (Wildman–Crippen LogP) is 2.41. The number of amidine groups is 1. The topological polar surface area (TPSA) is 61.9 Å². The number of oxime groups is 1. The minimum atomic E-state index is -0.107. The van der Waals surface area contributed by atoms with Crippen molar-refractivity contribution in [3.05, 3.63) is 48.0 Å². The first-order chi connectivity index (χ1) is 9.13. The maximum absolute atomic E-state index is 8.73. The Morgan fingerprint density at radius 2 is 1.95 bits per heavy atom. The number of hydrogen-bond donors (Lipinski definition) is 2. The molecule has 0 aromatic heterocycles. The summed E-state index contributed by atoms with van der Waals surface area (Å²) in [5, 5.41) is 14.3. The fraction of sp³-hybridized carbons (Fsp3) is 0.267. The summed E-state index contributed by atoms with van der Waals surface area (Å²) in [5.74, 6) is 0.225. The minimum Gasteiger partial charge on any atom is -0.409 e.